The first-order valence-corrected chi connectivity index (χ1v) is 8.83. The predicted octanol–water partition coefficient (Wildman–Crippen LogP) is 5.30. The Morgan fingerprint density at radius 2 is 1.62 bits per heavy atom. The van der Waals surface area contributed by atoms with Gasteiger partial charge in [-0.1, -0.05) is 29.8 Å². The molecule has 1 amide bonds. The summed E-state index contributed by atoms with van der Waals surface area (Å²) in [5.74, 6) is -2.01. The SMILES string of the molecule is Cc1ccc2oc(-c3ccc(C(=O)Nc4c(F)cccc4F)cc3)cc(=O)c2c1. The van der Waals surface area contributed by atoms with Crippen LogP contribution in [0.15, 0.2) is 75.9 Å². The maximum atomic E-state index is 13.7. The number of anilines is 1. The van der Waals surface area contributed by atoms with Gasteiger partial charge in [0.25, 0.3) is 5.91 Å². The Morgan fingerprint density at radius 1 is 0.931 bits per heavy atom. The second-order valence-electron chi connectivity index (χ2n) is 6.60. The molecule has 0 aliphatic rings. The Bertz CT molecular complexity index is 1270. The fourth-order valence-corrected chi connectivity index (χ4v) is 3.00. The quantitative estimate of drug-likeness (QED) is 0.516. The lowest BCUT2D eigenvalue weighted by atomic mass is 10.1. The fraction of sp³-hybridized carbons (Fsp3) is 0.0435. The summed E-state index contributed by atoms with van der Waals surface area (Å²) in [4.78, 5) is 24.7. The van der Waals surface area contributed by atoms with Gasteiger partial charge >= 0.3 is 0 Å². The van der Waals surface area contributed by atoms with E-state index in [0.717, 1.165) is 17.7 Å². The lowest BCUT2D eigenvalue weighted by Crippen LogP contribution is -2.14. The van der Waals surface area contributed by atoms with E-state index in [2.05, 4.69) is 5.32 Å². The molecule has 0 bridgehead atoms. The second-order valence-corrected chi connectivity index (χ2v) is 6.60. The zero-order chi connectivity index (χ0) is 20.5. The summed E-state index contributed by atoms with van der Waals surface area (Å²) in [7, 11) is 0. The van der Waals surface area contributed by atoms with E-state index < -0.39 is 23.2 Å². The number of amides is 1. The number of fused-ring (bicyclic) bond motifs is 1. The molecule has 0 aliphatic carbocycles. The van der Waals surface area contributed by atoms with Gasteiger partial charge in [0.05, 0.1) is 5.39 Å². The van der Waals surface area contributed by atoms with Crippen LogP contribution in [-0.2, 0) is 0 Å². The predicted molar refractivity (Wildman–Crippen MR) is 107 cm³/mol. The van der Waals surface area contributed by atoms with E-state index in [1.165, 1.54) is 24.3 Å². The van der Waals surface area contributed by atoms with Crippen LogP contribution in [-0.4, -0.2) is 5.91 Å². The summed E-state index contributed by atoms with van der Waals surface area (Å²) >= 11 is 0. The third-order valence-electron chi connectivity index (χ3n) is 4.52. The normalized spacial score (nSPS) is 10.9. The monoisotopic (exact) mass is 391 g/mol. The van der Waals surface area contributed by atoms with Crippen molar-refractivity contribution in [2.24, 2.45) is 0 Å². The van der Waals surface area contributed by atoms with Gasteiger partial charge in [0.1, 0.15) is 28.7 Å². The molecule has 4 rings (SSSR count). The van der Waals surface area contributed by atoms with Crippen molar-refractivity contribution in [3.05, 3.63) is 99.7 Å². The van der Waals surface area contributed by atoms with Crippen molar-refractivity contribution >= 4 is 22.6 Å². The van der Waals surface area contributed by atoms with Gasteiger partial charge < -0.3 is 9.73 Å². The van der Waals surface area contributed by atoms with Crippen molar-refractivity contribution in [1.29, 1.82) is 0 Å². The molecule has 4 aromatic rings. The number of carbonyl (C=O) groups is 1. The van der Waals surface area contributed by atoms with Gasteiger partial charge in [-0.15, -0.1) is 0 Å². The van der Waals surface area contributed by atoms with Crippen LogP contribution in [0.2, 0.25) is 0 Å². The summed E-state index contributed by atoms with van der Waals surface area (Å²) < 4.78 is 33.2. The smallest absolute Gasteiger partial charge is 0.255 e. The van der Waals surface area contributed by atoms with Crippen molar-refractivity contribution in [2.75, 3.05) is 5.32 Å². The summed E-state index contributed by atoms with van der Waals surface area (Å²) in [5, 5.41) is 2.73. The van der Waals surface area contributed by atoms with Crippen LogP contribution >= 0.6 is 0 Å². The molecule has 0 saturated carbocycles. The molecule has 6 heteroatoms. The van der Waals surface area contributed by atoms with Crippen LogP contribution in [0.1, 0.15) is 15.9 Å². The van der Waals surface area contributed by atoms with Crippen LogP contribution in [0.25, 0.3) is 22.3 Å². The minimum atomic E-state index is -0.858. The topological polar surface area (TPSA) is 59.3 Å². The molecule has 0 aliphatic heterocycles. The van der Waals surface area contributed by atoms with Crippen LogP contribution in [0.3, 0.4) is 0 Å². The number of hydrogen-bond acceptors (Lipinski definition) is 3. The molecule has 4 nitrogen and oxygen atoms in total. The summed E-state index contributed by atoms with van der Waals surface area (Å²) in [6, 6.07) is 16.3. The standard InChI is InChI=1S/C23H15F2NO3/c1-13-5-10-20-16(11-13)19(27)12-21(29-20)14-6-8-15(9-7-14)23(28)26-22-17(24)3-2-4-18(22)25/h2-12H,1H3,(H,26,28). The molecule has 0 spiro atoms. The molecule has 0 atom stereocenters. The fourth-order valence-electron chi connectivity index (χ4n) is 3.00. The number of hydrogen-bond donors (Lipinski definition) is 1. The molecule has 1 N–H and O–H groups in total. The maximum absolute atomic E-state index is 13.7. The van der Waals surface area contributed by atoms with Gasteiger partial charge in [0.15, 0.2) is 5.43 Å². The largest absolute Gasteiger partial charge is 0.456 e. The van der Waals surface area contributed by atoms with Gasteiger partial charge in [-0.05, 0) is 43.3 Å². The third-order valence-corrected chi connectivity index (χ3v) is 4.52. The number of carbonyl (C=O) groups excluding carboxylic acids is 1. The average Bonchev–Trinajstić information content (AvgIpc) is 2.71. The Balaban J connectivity index is 1.63. The molecule has 29 heavy (non-hydrogen) atoms. The molecule has 0 unspecified atom stereocenters. The minimum Gasteiger partial charge on any atom is -0.456 e. The Hall–Kier alpha value is -3.80. The number of rotatable bonds is 3. The van der Waals surface area contributed by atoms with Crippen LogP contribution in [0, 0.1) is 18.6 Å². The Labute approximate surface area is 164 Å². The highest BCUT2D eigenvalue weighted by Crippen LogP contribution is 2.24. The molecule has 3 aromatic carbocycles. The van der Waals surface area contributed by atoms with Gasteiger partial charge in [-0.2, -0.15) is 0 Å². The Kier molecular flexibility index (Phi) is 4.68. The van der Waals surface area contributed by atoms with Crippen molar-refractivity contribution in [1.82, 2.24) is 0 Å². The van der Waals surface area contributed by atoms with E-state index in [1.54, 1.807) is 24.3 Å². The average molecular weight is 391 g/mol. The molecular weight excluding hydrogens is 376 g/mol. The summed E-state index contributed by atoms with van der Waals surface area (Å²) in [5.41, 5.74) is 1.56. The van der Waals surface area contributed by atoms with Gasteiger partial charge in [0.2, 0.25) is 0 Å². The first-order chi connectivity index (χ1) is 13.9. The van der Waals surface area contributed by atoms with Crippen molar-refractivity contribution in [3.8, 4) is 11.3 Å². The lowest BCUT2D eigenvalue weighted by molar-refractivity contribution is 0.102. The minimum absolute atomic E-state index is 0.165. The summed E-state index contributed by atoms with van der Waals surface area (Å²) in [6.07, 6.45) is 0. The second kappa shape index (κ2) is 7.31. The van der Waals surface area contributed by atoms with Crippen LogP contribution < -0.4 is 10.7 Å². The lowest BCUT2D eigenvalue weighted by Gasteiger charge is -2.08. The molecule has 1 heterocycles. The molecule has 1 aromatic heterocycles. The van der Waals surface area contributed by atoms with E-state index >= 15 is 0 Å². The van der Waals surface area contributed by atoms with Crippen LogP contribution in [0.4, 0.5) is 14.5 Å². The van der Waals surface area contributed by atoms with E-state index in [-0.39, 0.29) is 11.0 Å². The van der Waals surface area contributed by atoms with E-state index in [9.17, 15) is 18.4 Å². The van der Waals surface area contributed by atoms with E-state index in [0.29, 0.717) is 22.3 Å². The van der Waals surface area contributed by atoms with E-state index in [4.69, 9.17) is 4.42 Å². The van der Waals surface area contributed by atoms with Gasteiger partial charge in [-0.3, -0.25) is 9.59 Å². The van der Waals surface area contributed by atoms with Crippen LogP contribution in [0.5, 0.6) is 0 Å². The number of nitrogens with one attached hydrogen (secondary N) is 1. The number of aryl methyl sites for hydroxylation is 1. The Morgan fingerprint density at radius 3 is 2.31 bits per heavy atom. The van der Waals surface area contributed by atoms with Crippen molar-refractivity contribution in [3.63, 3.8) is 0 Å². The number of benzene rings is 3. The molecular formula is C23H15F2NO3. The van der Waals surface area contributed by atoms with Gasteiger partial charge in [-0.25, -0.2) is 8.78 Å². The van der Waals surface area contributed by atoms with Crippen molar-refractivity contribution < 1.29 is 18.0 Å². The number of para-hydroxylation sites is 1. The third kappa shape index (κ3) is 3.65. The van der Waals surface area contributed by atoms with Gasteiger partial charge in [0, 0.05) is 17.2 Å². The first kappa shape index (κ1) is 18.6. The van der Waals surface area contributed by atoms with E-state index in [1.807, 2.05) is 13.0 Å². The first-order valence-electron chi connectivity index (χ1n) is 8.83. The molecule has 144 valence electrons. The number of halogens is 2. The van der Waals surface area contributed by atoms with Crippen molar-refractivity contribution in [2.45, 2.75) is 6.92 Å². The highest BCUT2D eigenvalue weighted by molar-refractivity contribution is 6.04. The molecule has 0 fully saturated rings. The maximum Gasteiger partial charge on any atom is 0.255 e. The molecule has 0 saturated heterocycles. The summed E-state index contributed by atoms with van der Waals surface area (Å²) in [6.45, 7) is 1.89. The zero-order valence-electron chi connectivity index (χ0n) is 15.3. The highest BCUT2D eigenvalue weighted by atomic mass is 19.1. The molecule has 0 radical (unpaired) electrons. The zero-order valence-corrected chi connectivity index (χ0v) is 15.3. The highest BCUT2D eigenvalue weighted by Gasteiger charge is 2.14.